The number of ketones is 1. The van der Waals surface area contributed by atoms with E-state index in [2.05, 4.69) is 0 Å². The molecule has 3 rings (SSSR count). The van der Waals surface area contributed by atoms with Gasteiger partial charge in [-0.15, -0.1) is 0 Å². The molecule has 0 amide bonds. The maximum absolute atomic E-state index is 12.3. The minimum atomic E-state index is -0.0647. The number of benzene rings is 3. The van der Waals surface area contributed by atoms with Gasteiger partial charge in [-0.2, -0.15) is 0 Å². The number of allylic oxidation sites excluding steroid dienone is 1. The summed E-state index contributed by atoms with van der Waals surface area (Å²) in [6, 6.07) is 22.2. The molecular formula is C23H19ClO3. The molecule has 0 N–H and O–H groups in total. The van der Waals surface area contributed by atoms with Crippen LogP contribution in [0, 0.1) is 0 Å². The normalized spacial score (nSPS) is 10.7. The Hall–Kier alpha value is -3.04. The van der Waals surface area contributed by atoms with Gasteiger partial charge in [0.2, 0.25) is 0 Å². The van der Waals surface area contributed by atoms with Gasteiger partial charge in [-0.25, -0.2) is 0 Å². The summed E-state index contributed by atoms with van der Waals surface area (Å²) >= 11 is 5.89. The number of hydrogen-bond donors (Lipinski definition) is 0. The molecule has 0 aliphatic carbocycles. The van der Waals surface area contributed by atoms with Gasteiger partial charge < -0.3 is 9.47 Å². The van der Waals surface area contributed by atoms with Crippen LogP contribution >= 0.6 is 11.6 Å². The summed E-state index contributed by atoms with van der Waals surface area (Å²) in [6.07, 6.45) is 3.34. The topological polar surface area (TPSA) is 35.5 Å². The molecule has 0 fully saturated rings. The van der Waals surface area contributed by atoms with Gasteiger partial charge in [0, 0.05) is 10.6 Å². The van der Waals surface area contributed by atoms with E-state index in [9.17, 15) is 4.79 Å². The quantitative estimate of drug-likeness (QED) is 0.383. The Morgan fingerprint density at radius 1 is 0.963 bits per heavy atom. The summed E-state index contributed by atoms with van der Waals surface area (Å²) in [5, 5.41) is 0.701. The average Bonchev–Trinajstić information content (AvgIpc) is 2.72. The lowest BCUT2D eigenvalue weighted by Gasteiger charge is -2.07. The molecule has 0 heterocycles. The third-order valence-electron chi connectivity index (χ3n) is 3.98. The number of methoxy groups -OCH3 is 1. The monoisotopic (exact) mass is 378 g/mol. The first kappa shape index (κ1) is 18.7. The van der Waals surface area contributed by atoms with Crippen molar-refractivity contribution in [1.82, 2.24) is 0 Å². The van der Waals surface area contributed by atoms with Gasteiger partial charge in [-0.05, 0) is 65.7 Å². The molecule has 0 unspecified atom stereocenters. The number of halogens is 1. The van der Waals surface area contributed by atoms with E-state index < -0.39 is 0 Å². The van der Waals surface area contributed by atoms with Crippen molar-refractivity contribution in [1.29, 1.82) is 0 Å². The van der Waals surface area contributed by atoms with Crippen LogP contribution in [0.25, 0.3) is 6.08 Å². The molecule has 0 radical (unpaired) electrons. The molecule has 4 heteroatoms. The van der Waals surface area contributed by atoms with E-state index in [-0.39, 0.29) is 5.78 Å². The zero-order valence-corrected chi connectivity index (χ0v) is 15.6. The molecule has 0 saturated heterocycles. The van der Waals surface area contributed by atoms with Crippen LogP contribution in [0.3, 0.4) is 0 Å². The zero-order valence-electron chi connectivity index (χ0n) is 14.9. The minimum Gasteiger partial charge on any atom is -0.497 e. The number of carbonyl (C=O) groups excluding carboxylic acids is 1. The summed E-state index contributed by atoms with van der Waals surface area (Å²) in [6.45, 7) is 0.453. The van der Waals surface area contributed by atoms with E-state index >= 15 is 0 Å². The van der Waals surface area contributed by atoms with E-state index in [1.165, 1.54) is 0 Å². The molecule has 0 spiro atoms. The fraction of sp³-hybridized carbons (Fsp3) is 0.0870. The first-order chi connectivity index (χ1) is 13.1. The fourth-order valence-electron chi connectivity index (χ4n) is 2.48. The Kier molecular flexibility index (Phi) is 6.29. The smallest absolute Gasteiger partial charge is 0.185 e. The number of ether oxygens (including phenoxy) is 2. The molecule has 0 aliphatic rings. The van der Waals surface area contributed by atoms with Gasteiger partial charge in [0.1, 0.15) is 18.1 Å². The SMILES string of the molecule is COc1ccc(C(=O)/C=C/c2cccc(OCc3ccc(Cl)cc3)c2)cc1. The van der Waals surface area contributed by atoms with Crippen molar-refractivity contribution in [2.24, 2.45) is 0 Å². The third kappa shape index (κ3) is 5.47. The average molecular weight is 379 g/mol. The van der Waals surface area contributed by atoms with Gasteiger partial charge in [0.25, 0.3) is 0 Å². The lowest BCUT2D eigenvalue weighted by Crippen LogP contribution is -1.95. The van der Waals surface area contributed by atoms with Gasteiger partial charge in [0.15, 0.2) is 5.78 Å². The molecule has 0 aliphatic heterocycles. The third-order valence-corrected chi connectivity index (χ3v) is 4.23. The van der Waals surface area contributed by atoms with Crippen molar-refractivity contribution in [2.75, 3.05) is 7.11 Å². The standard InChI is InChI=1S/C23H19ClO3/c1-26-21-12-8-19(9-13-21)23(25)14-7-17-3-2-4-22(15-17)27-16-18-5-10-20(24)11-6-18/h2-15H,16H2,1H3/b14-7+. The summed E-state index contributed by atoms with van der Waals surface area (Å²) < 4.78 is 10.9. The molecule has 3 nitrogen and oxygen atoms in total. The highest BCUT2D eigenvalue weighted by molar-refractivity contribution is 6.30. The molecular weight excluding hydrogens is 360 g/mol. The van der Waals surface area contributed by atoms with E-state index in [1.807, 2.05) is 48.5 Å². The molecule has 0 saturated carbocycles. The Balaban J connectivity index is 1.63. The predicted molar refractivity (Wildman–Crippen MR) is 109 cm³/mol. The van der Waals surface area contributed by atoms with E-state index in [0.717, 1.165) is 22.6 Å². The van der Waals surface area contributed by atoms with Crippen LogP contribution in [0.15, 0.2) is 78.9 Å². The number of carbonyl (C=O) groups is 1. The maximum Gasteiger partial charge on any atom is 0.185 e. The maximum atomic E-state index is 12.3. The minimum absolute atomic E-state index is 0.0647. The molecule has 0 aromatic heterocycles. The van der Waals surface area contributed by atoms with Crippen molar-refractivity contribution in [3.8, 4) is 11.5 Å². The van der Waals surface area contributed by atoms with Crippen molar-refractivity contribution in [3.05, 3.63) is 101 Å². The van der Waals surface area contributed by atoms with Crippen LogP contribution in [0.1, 0.15) is 21.5 Å². The van der Waals surface area contributed by atoms with Gasteiger partial charge in [-0.3, -0.25) is 4.79 Å². The largest absolute Gasteiger partial charge is 0.497 e. The van der Waals surface area contributed by atoms with E-state index in [0.29, 0.717) is 17.2 Å². The Morgan fingerprint density at radius 3 is 2.41 bits per heavy atom. The van der Waals surface area contributed by atoms with Crippen molar-refractivity contribution >= 4 is 23.5 Å². The Morgan fingerprint density at radius 2 is 1.70 bits per heavy atom. The fourth-order valence-corrected chi connectivity index (χ4v) is 2.60. The van der Waals surface area contributed by atoms with Gasteiger partial charge >= 0.3 is 0 Å². The summed E-state index contributed by atoms with van der Waals surface area (Å²) in [4.78, 5) is 12.3. The highest BCUT2D eigenvalue weighted by Crippen LogP contribution is 2.18. The number of rotatable bonds is 7. The van der Waals surface area contributed by atoms with Crippen molar-refractivity contribution < 1.29 is 14.3 Å². The van der Waals surface area contributed by atoms with Gasteiger partial charge in [-0.1, -0.05) is 41.9 Å². The molecule has 136 valence electrons. The van der Waals surface area contributed by atoms with Gasteiger partial charge in [0.05, 0.1) is 7.11 Å². The summed E-state index contributed by atoms with van der Waals surface area (Å²) in [7, 11) is 1.60. The number of hydrogen-bond acceptors (Lipinski definition) is 3. The van der Waals surface area contributed by atoms with E-state index in [1.54, 1.807) is 43.5 Å². The zero-order chi connectivity index (χ0) is 19.1. The van der Waals surface area contributed by atoms with Crippen LogP contribution in [-0.4, -0.2) is 12.9 Å². The second-order valence-electron chi connectivity index (χ2n) is 5.91. The van der Waals surface area contributed by atoms with Crippen molar-refractivity contribution in [3.63, 3.8) is 0 Å². The summed E-state index contributed by atoms with van der Waals surface area (Å²) in [5.41, 5.74) is 2.54. The molecule has 3 aromatic carbocycles. The second kappa shape index (κ2) is 9.06. The molecule has 0 atom stereocenters. The predicted octanol–water partition coefficient (Wildman–Crippen LogP) is 5.82. The van der Waals surface area contributed by atoms with Crippen LogP contribution in [-0.2, 0) is 6.61 Å². The highest BCUT2D eigenvalue weighted by Gasteiger charge is 2.02. The first-order valence-electron chi connectivity index (χ1n) is 8.48. The van der Waals surface area contributed by atoms with Crippen LogP contribution in [0.5, 0.6) is 11.5 Å². The van der Waals surface area contributed by atoms with Crippen LogP contribution < -0.4 is 9.47 Å². The Labute approximate surface area is 163 Å². The second-order valence-corrected chi connectivity index (χ2v) is 6.35. The lowest BCUT2D eigenvalue weighted by atomic mass is 10.1. The van der Waals surface area contributed by atoms with E-state index in [4.69, 9.17) is 21.1 Å². The van der Waals surface area contributed by atoms with Crippen LogP contribution in [0.4, 0.5) is 0 Å². The molecule has 0 bridgehead atoms. The van der Waals surface area contributed by atoms with Crippen LogP contribution in [0.2, 0.25) is 5.02 Å². The molecule has 3 aromatic rings. The highest BCUT2D eigenvalue weighted by atomic mass is 35.5. The van der Waals surface area contributed by atoms with Crippen molar-refractivity contribution in [2.45, 2.75) is 6.61 Å². The molecule has 27 heavy (non-hydrogen) atoms. The summed E-state index contributed by atoms with van der Waals surface area (Å²) in [5.74, 6) is 1.40. The first-order valence-corrected chi connectivity index (χ1v) is 8.85. The lowest BCUT2D eigenvalue weighted by molar-refractivity contribution is 0.104. The Bertz CT molecular complexity index is 929.